The van der Waals surface area contributed by atoms with Crippen LogP contribution in [0.3, 0.4) is 0 Å². The quantitative estimate of drug-likeness (QED) is 0.864. The van der Waals surface area contributed by atoms with Gasteiger partial charge in [-0.1, -0.05) is 32.9 Å². The monoisotopic (exact) mass is 346 g/mol. The van der Waals surface area contributed by atoms with Crippen LogP contribution in [-0.2, 0) is 16.6 Å². The van der Waals surface area contributed by atoms with E-state index in [1.807, 2.05) is 36.6 Å². The highest BCUT2D eigenvalue weighted by atomic mass is 32.1. The second-order valence-electron chi connectivity index (χ2n) is 6.93. The first-order chi connectivity index (χ1) is 11.3. The predicted molar refractivity (Wildman–Crippen MR) is 98.8 cm³/mol. The number of thiazole rings is 1. The zero-order valence-electron chi connectivity index (χ0n) is 15.1. The fourth-order valence-corrected chi connectivity index (χ4v) is 2.92. The maximum absolute atomic E-state index is 12.1. The number of hydrogen-bond donors (Lipinski definition) is 1. The smallest absolute Gasteiger partial charge is 0.260 e. The van der Waals surface area contributed by atoms with Gasteiger partial charge in [0.15, 0.2) is 6.10 Å². The highest BCUT2D eigenvalue weighted by molar-refractivity contribution is 7.09. The van der Waals surface area contributed by atoms with Crippen LogP contribution in [0, 0.1) is 6.92 Å². The molecule has 0 bridgehead atoms. The lowest BCUT2D eigenvalue weighted by atomic mass is 9.87. The summed E-state index contributed by atoms with van der Waals surface area (Å²) in [4.78, 5) is 16.5. The van der Waals surface area contributed by atoms with Crippen LogP contribution in [0.2, 0.25) is 0 Å². The third-order valence-electron chi connectivity index (χ3n) is 3.75. The number of nitrogens with zero attached hydrogens (tertiary/aromatic N) is 1. The van der Waals surface area contributed by atoms with E-state index >= 15 is 0 Å². The predicted octanol–water partition coefficient (Wildman–Crippen LogP) is 3.88. The molecule has 0 aliphatic rings. The van der Waals surface area contributed by atoms with Crippen molar-refractivity contribution in [3.63, 3.8) is 0 Å². The minimum Gasteiger partial charge on any atom is -0.481 e. The molecule has 0 radical (unpaired) electrons. The van der Waals surface area contributed by atoms with Crippen molar-refractivity contribution in [2.75, 3.05) is 6.54 Å². The van der Waals surface area contributed by atoms with Crippen LogP contribution in [0.1, 0.15) is 44.0 Å². The molecule has 1 amide bonds. The Balaban J connectivity index is 1.80. The van der Waals surface area contributed by atoms with E-state index in [-0.39, 0.29) is 11.3 Å². The molecule has 1 aromatic carbocycles. The van der Waals surface area contributed by atoms with Crippen molar-refractivity contribution in [1.82, 2.24) is 10.3 Å². The summed E-state index contributed by atoms with van der Waals surface area (Å²) < 4.78 is 5.73. The molecule has 2 aromatic rings. The Morgan fingerprint density at radius 2 is 1.96 bits per heavy atom. The zero-order valence-corrected chi connectivity index (χ0v) is 15.9. The first-order valence-corrected chi connectivity index (χ1v) is 9.09. The Labute approximate surface area is 148 Å². The van der Waals surface area contributed by atoms with Crippen molar-refractivity contribution < 1.29 is 9.53 Å². The summed E-state index contributed by atoms with van der Waals surface area (Å²) in [6, 6.07) is 7.93. The molecule has 0 spiro atoms. The SMILES string of the molecule is Cc1nc(CCNC(=O)[C@@H](C)Oc2ccc(C(C)(C)C)cc2)cs1. The van der Waals surface area contributed by atoms with Crippen molar-refractivity contribution in [3.05, 3.63) is 45.9 Å². The average Bonchev–Trinajstić information content (AvgIpc) is 2.92. The normalized spacial score (nSPS) is 12.7. The number of rotatable bonds is 6. The number of carbonyl (C=O) groups is 1. The molecule has 0 saturated heterocycles. The summed E-state index contributed by atoms with van der Waals surface area (Å²) in [5.74, 6) is 0.600. The van der Waals surface area contributed by atoms with Gasteiger partial charge >= 0.3 is 0 Å². The fourth-order valence-electron chi connectivity index (χ4n) is 2.27. The van der Waals surface area contributed by atoms with Crippen LogP contribution >= 0.6 is 11.3 Å². The molecule has 0 saturated carbocycles. The second kappa shape index (κ2) is 7.79. The van der Waals surface area contributed by atoms with Crippen LogP contribution in [0.5, 0.6) is 5.75 Å². The molecule has 1 atom stereocenters. The van der Waals surface area contributed by atoms with Crippen molar-refractivity contribution in [2.24, 2.45) is 0 Å². The van der Waals surface area contributed by atoms with E-state index in [4.69, 9.17) is 4.74 Å². The molecule has 0 unspecified atom stereocenters. The van der Waals surface area contributed by atoms with Gasteiger partial charge in [0.05, 0.1) is 10.7 Å². The molecule has 4 nitrogen and oxygen atoms in total. The Bertz CT molecular complexity index is 671. The lowest BCUT2D eigenvalue weighted by Gasteiger charge is -2.20. The van der Waals surface area contributed by atoms with E-state index < -0.39 is 6.10 Å². The Hall–Kier alpha value is -1.88. The standard InChI is InChI=1S/C19H26N2O2S/c1-13(18(22)20-11-10-16-12-24-14(2)21-16)23-17-8-6-15(7-9-17)19(3,4)5/h6-9,12-13H,10-11H2,1-5H3,(H,20,22)/t13-/m1/s1. The Morgan fingerprint density at radius 1 is 1.29 bits per heavy atom. The van der Waals surface area contributed by atoms with Gasteiger partial charge in [-0.25, -0.2) is 4.98 Å². The van der Waals surface area contributed by atoms with Crippen LogP contribution in [0.4, 0.5) is 0 Å². The van der Waals surface area contributed by atoms with Gasteiger partial charge in [-0.05, 0) is 37.0 Å². The van der Waals surface area contributed by atoms with Crippen molar-refractivity contribution >= 4 is 17.2 Å². The number of aryl methyl sites for hydroxylation is 1. The number of ether oxygens (including phenoxy) is 1. The number of benzene rings is 1. The molecule has 0 aliphatic carbocycles. The molecule has 1 N–H and O–H groups in total. The number of aromatic nitrogens is 1. The second-order valence-corrected chi connectivity index (χ2v) is 8.00. The number of nitrogens with one attached hydrogen (secondary N) is 1. The third kappa shape index (κ3) is 5.34. The maximum atomic E-state index is 12.1. The van der Waals surface area contributed by atoms with E-state index in [0.717, 1.165) is 17.1 Å². The number of amides is 1. The molecule has 5 heteroatoms. The van der Waals surface area contributed by atoms with Gasteiger partial charge < -0.3 is 10.1 Å². The Kier molecular flexibility index (Phi) is 5.99. The van der Waals surface area contributed by atoms with E-state index in [2.05, 4.69) is 31.1 Å². The lowest BCUT2D eigenvalue weighted by Crippen LogP contribution is -2.37. The largest absolute Gasteiger partial charge is 0.481 e. The van der Waals surface area contributed by atoms with Gasteiger partial charge in [0, 0.05) is 18.3 Å². The fraction of sp³-hybridized carbons (Fsp3) is 0.474. The van der Waals surface area contributed by atoms with Gasteiger partial charge in [0.1, 0.15) is 5.75 Å². The van der Waals surface area contributed by atoms with Crippen molar-refractivity contribution in [1.29, 1.82) is 0 Å². The molecular formula is C19H26N2O2S. The Morgan fingerprint density at radius 3 is 2.50 bits per heavy atom. The third-order valence-corrected chi connectivity index (χ3v) is 4.57. The summed E-state index contributed by atoms with van der Waals surface area (Å²) in [7, 11) is 0. The summed E-state index contributed by atoms with van der Waals surface area (Å²) in [6.45, 7) is 10.8. The lowest BCUT2D eigenvalue weighted by molar-refractivity contribution is -0.127. The highest BCUT2D eigenvalue weighted by Gasteiger charge is 2.16. The molecule has 24 heavy (non-hydrogen) atoms. The van der Waals surface area contributed by atoms with Crippen molar-refractivity contribution in [3.8, 4) is 5.75 Å². The zero-order chi connectivity index (χ0) is 17.7. The van der Waals surface area contributed by atoms with Gasteiger partial charge in [-0.3, -0.25) is 4.79 Å². The maximum Gasteiger partial charge on any atom is 0.260 e. The summed E-state index contributed by atoms with van der Waals surface area (Å²) >= 11 is 1.63. The van der Waals surface area contributed by atoms with Gasteiger partial charge in [0.2, 0.25) is 0 Å². The topological polar surface area (TPSA) is 51.2 Å². The average molecular weight is 346 g/mol. The summed E-state index contributed by atoms with van der Waals surface area (Å²) in [5, 5.41) is 5.97. The summed E-state index contributed by atoms with van der Waals surface area (Å²) in [5.41, 5.74) is 2.37. The van der Waals surface area contributed by atoms with Crippen LogP contribution in [0.15, 0.2) is 29.6 Å². The van der Waals surface area contributed by atoms with E-state index in [1.165, 1.54) is 5.56 Å². The molecular weight excluding hydrogens is 320 g/mol. The molecule has 1 aromatic heterocycles. The first kappa shape index (κ1) is 18.5. The highest BCUT2D eigenvalue weighted by Crippen LogP contribution is 2.24. The van der Waals surface area contributed by atoms with Gasteiger partial charge in [0.25, 0.3) is 5.91 Å². The minimum atomic E-state index is -0.525. The minimum absolute atomic E-state index is 0.107. The van der Waals surface area contributed by atoms with Crippen LogP contribution in [-0.4, -0.2) is 23.5 Å². The van der Waals surface area contributed by atoms with Crippen LogP contribution in [0.25, 0.3) is 0 Å². The molecule has 2 rings (SSSR count). The summed E-state index contributed by atoms with van der Waals surface area (Å²) in [6.07, 6.45) is 0.214. The number of hydrogen-bond acceptors (Lipinski definition) is 4. The van der Waals surface area contributed by atoms with Crippen molar-refractivity contribution in [2.45, 2.75) is 52.6 Å². The first-order valence-electron chi connectivity index (χ1n) is 8.21. The van der Waals surface area contributed by atoms with E-state index in [0.29, 0.717) is 12.3 Å². The molecule has 130 valence electrons. The van der Waals surface area contributed by atoms with E-state index in [9.17, 15) is 4.79 Å². The van der Waals surface area contributed by atoms with E-state index in [1.54, 1.807) is 18.3 Å². The van der Waals surface area contributed by atoms with Gasteiger partial charge in [-0.2, -0.15) is 0 Å². The molecule has 1 heterocycles. The number of carbonyl (C=O) groups excluding carboxylic acids is 1. The molecule has 0 aliphatic heterocycles. The molecule has 0 fully saturated rings. The van der Waals surface area contributed by atoms with Crippen LogP contribution < -0.4 is 10.1 Å². The van der Waals surface area contributed by atoms with Gasteiger partial charge in [-0.15, -0.1) is 11.3 Å².